The Balaban J connectivity index is 1.63. The number of amides is 1. The van der Waals surface area contributed by atoms with Crippen molar-refractivity contribution in [1.29, 1.82) is 0 Å². The van der Waals surface area contributed by atoms with Crippen molar-refractivity contribution >= 4 is 16.9 Å². The van der Waals surface area contributed by atoms with E-state index in [-0.39, 0.29) is 5.91 Å². The molecule has 0 aliphatic heterocycles. The van der Waals surface area contributed by atoms with Gasteiger partial charge in [-0.1, -0.05) is 31.2 Å². The summed E-state index contributed by atoms with van der Waals surface area (Å²) in [5.74, 6) is 0.167. The molecule has 0 spiro atoms. The van der Waals surface area contributed by atoms with Crippen LogP contribution < -0.4 is 5.32 Å². The highest BCUT2D eigenvalue weighted by Crippen LogP contribution is 2.13. The second kappa shape index (κ2) is 6.20. The van der Waals surface area contributed by atoms with Gasteiger partial charge in [-0.05, 0) is 24.1 Å². The topological polar surface area (TPSA) is 77.6 Å². The van der Waals surface area contributed by atoms with E-state index in [2.05, 4.69) is 34.6 Å². The molecule has 0 aliphatic rings. The third kappa shape index (κ3) is 3.08. The van der Waals surface area contributed by atoms with Gasteiger partial charge in [0.15, 0.2) is 0 Å². The van der Waals surface area contributed by atoms with Crippen LogP contribution in [-0.2, 0) is 13.6 Å². The molecule has 0 aliphatic carbocycles. The van der Waals surface area contributed by atoms with Gasteiger partial charge in [0.1, 0.15) is 11.2 Å². The molecule has 0 unspecified atom stereocenters. The summed E-state index contributed by atoms with van der Waals surface area (Å²) in [6.45, 7) is 5.16. The van der Waals surface area contributed by atoms with Crippen molar-refractivity contribution in [3.05, 3.63) is 41.7 Å². The number of para-hydroxylation sites is 1. The first-order chi connectivity index (χ1) is 11.1. The Morgan fingerprint density at radius 2 is 2.09 bits per heavy atom. The molecule has 0 bridgehead atoms. The van der Waals surface area contributed by atoms with Crippen LogP contribution in [0.25, 0.3) is 11.0 Å². The molecule has 23 heavy (non-hydrogen) atoms. The Morgan fingerprint density at radius 3 is 2.83 bits per heavy atom. The zero-order valence-electron chi connectivity index (χ0n) is 13.5. The second-order valence-corrected chi connectivity index (χ2v) is 5.79. The lowest BCUT2D eigenvalue weighted by molar-refractivity contribution is 0.0942. The number of nitrogens with zero attached hydrogens (tertiary/aromatic N) is 5. The molecule has 0 saturated heterocycles. The van der Waals surface area contributed by atoms with Gasteiger partial charge in [-0.25, -0.2) is 4.68 Å². The second-order valence-electron chi connectivity index (χ2n) is 5.79. The van der Waals surface area contributed by atoms with Gasteiger partial charge >= 0.3 is 0 Å². The highest BCUT2D eigenvalue weighted by Gasteiger charge is 2.14. The van der Waals surface area contributed by atoms with Crippen molar-refractivity contribution in [3.63, 3.8) is 0 Å². The third-order valence-corrected chi connectivity index (χ3v) is 3.75. The molecule has 7 nitrogen and oxygen atoms in total. The van der Waals surface area contributed by atoms with Gasteiger partial charge in [-0.3, -0.25) is 9.48 Å². The molecule has 1 aromatic carbocycles. The maximum Gasteiger partial charge on any atom is 0.269 e. The quantitative estimate of drug-likeness (QED) is 0.778. The zero-order valence-corrected chi connectivity index (χ0v) is 13.5. The first-order valence-electron chi connectivity index (χ1n) is 7.66. The fraction of sp³-hybridized carbons (Fsp3) is 0.375. The molecule has 120 valence electrons. The first kappa shape index (κ1) is 15.2. The van der Waals surface area contributed by atoms with E-state index in [0.29, 0.717) is 24.7 Å². The number of aromatic nitrogens is 5. The van der Waals surface area contributed by atoms with Crippen LogP contribution in [0.2, 0.25) is 0 Å². The van der Waals surface area contributed by atoms with Crippen LogP contribution in [0, 0.1) is 0 Å². The monoisotopic (exact) mass is 312 g/mol. The minimum absolute atomic E-state index is 0.128. The van der Waals surface area contributed by atoms with Crippen molar-refractivity contribution in [2.75, 3.05) is 6.54 Å². The summed E-state index contributed by atoms with van der Waals surface area (Å²) in [5, 5.41) is 15.5. The van der Waals surface area contributed by atoms with E-state index in [4.69, 9.17) is 0 Å². The van der Waals surface area contributed by atoms with Gasteiger partial charge in [0, 0.05) is 13.6 Å². The molecule has 1 amide bonds. The van der Waals surface area contributed by atoms with E-state index in [1.807, 2.05) is 30.3 Å². The maximum atomic E-state index is 12.3. The summed E-state index contributed by atoms with van der Waals surface area (Å²) < 4.78 is 3.41. The Bertz CT molecular complexity index is 832. The van der Waals surface area contributed by atoms with Crippen LogP contribution in [-0.4, -0.2) is 37.2 Å². The number of carbonyl (C=O) groups is 1. The van der Waals surface area contributed by atoms with Gasteiger partial charge in [-0.2, -0.15) is 5.10 Å². The van der Waals surface area contributed by atoms with E-state index >= 15 is 0 Å². The average Bonchev–Trinajstić information content (AvgIpc) is 3.11. The van der Waals surface area contributed by atoms with Gasteiger partial charge in [-0.15, -0.1) is 5.10 Å². The normalized spacial score (nSPS) is 11.3. The lowest BCUT2D eigenvalue weighted by Crippen LogP contribution is -2.29. The number of rotatable bonds is 5. The first-order valence-corrected chi connectivity index (χ1v) is 7.66. The number of hydrogen-bond acceptors (Lipinski definition) is 4. The molecule has 3 rings (SSSR count). The maximum absolute atomic E-state index is 12.3. The number of fused-ring (bicyclic) bond motifs is 1. The largest absolute Gasteiger partial charge is 0.349 e. The average molecular weight is 312 g/mol. The van der Waals surface area contributed by atoms with Crippen LogP contribution in [0.15, 0.2) is 30.3 Å². The van der Waals surface area contributed by atoms with Crippen LogP contribution in [0.1, 0.15) is 35.9 Å². The summed E-state index contributed by atoms with van der Waals surface area (Å²) in [7, 11) is 1.78. The summed E-state index contributed by atoms with van der Waals surface area (Å²) in [6, 6.07) is 9.60. The SMILES string of the molecule is CC(C)c1cc(C(=O)NCCn2nnc3ccccc32)n(C)n1. The van der Waals surface area contributed by atoms with Crippen LogP contribution in [0.4, 0.5) is 0 Å². The van der Waals surface area contributed by atoms with Crippen LogP contribution >= 0.6 is 0 Å². The van der Waals surface area contributed by atoms with Gasteiger partial charge in [0.05, 0.1) is 17.8 Å². The summed E-state index contributed by atoms with van der Waals surface area (Å²) in [6.07, 6.45) is 0. The number of hydrogen-bond donors (Lipinski definition) is 1. The van der Waals surface area contributed by atoms with E-state index in [1.165, 1.54) is 0 Å². The van der Waals surface area contributed by atoms with Crippen molar-refractivity contribution in [2.45, 2.75) is 26.3 Å². The van der Waals surface area contributed by atoms with E-state index in [9.17, 15) is 4.79 Å². The van der Waals surface area contributed by atoms with Crippen molar-refractivity contribution in [1.82, 2.24) is 30.1 Å². The molecular formula is C16H20N6O. The predicted octanol–water partition coefficient (Wildman–Crippen LogP) is 1.72. The molecule has 0 fully saturated rings. The molecule has 0 saturated carbocycles. The van der Waals surface area contributed by atoms with E-state index in [0.717, 1.165) is 16.7 Å². The molecule has 0 atom stereocenters. The Labute approximate surface area is 134 Å². The van der Waals surface area contributed by atoms with E-state index < -0.39 is 0 Å². The van der Waals surface area contributed by atoms with Crippen molar-refractivity contribution in [3.8, 4) is 0 Å². The summed E-state index contributed by atoms with van der Waals surface area (Å²) in [4.78, 5) is 12.3. The van der Waals surface area contributed by atoms with Crippen molar-refractivity contribution in [2.24, 2.45) is 7.05 Å². The molecule has 1 N–H and O–H groups in total. The van der Waals surface area contributed by atoms with Gasteiger partial charge in [0.2, 0.25) is 0 Å². The lowest BCUT2D eigenvalue weighted by atomic mass is 10.1. The standard InChI is InChI=1S/C16H20N6O/c1-11(2)13-10-15(21(3)19-13)16(23)17-8-9-22-14-7-5-4-6-12(14)18-20-22/h4-7,10-11H,8-9H2,1-3H3,(H,17,23). The Morgan fingerprint density at radius 1 is 1.30 bits per heavy atom. The molecule has 0 radical (unpaired) electrons. The Hall–Kier alpha value is -2.70. The summed E-state index contributed by atoms with van der Waals surface area (Å²) in [5.41, 5.74) is 3.30. The number of carbonyl (C=O) groups excluding carboxylic acids is 1. The lowest BCUT2D eigenvalue weighted by Gasteiger charge is -2.05. The zero-order chi connectivity index (χ0) is 16.4. The molecular weight excluding hydrogens is 292 g/mol. The third-order valence-electron chi connectivity index (χ3n) is 3.75. The van der Waals surface area contributed by atoms with Gasteiger partial charge < -0.3 is 5.32 Å². The number of aryl methyl sites for hydroxylation is 1. The Kier molecular flexibility index (Phi) is 4.10. The predicted molar refractivity (Wildman–Crippen MR) is 87.2 cm³/mol. The molecule has 7 heteroatoms. The van der Waals surface area contributed by atoms with E-state index in [1.54, 1.807) is 16.4 Å². The number of benzene rings is 1. The van der Waals surface area contributed by atoms with Gasteiger partial charge in [0.25, 0.3) is 5.91 Å². The minimum Gasteiger partial charge on any atom is -0.349 e. The smallest absolute Gasteiger partial charge is 0.269 e. The molecule has 3 aromatic rings. The van der Waals surface area contributed by atoms with Crippen LogP contribution in [0.3, 0.4) is 0 Å². The summed E-state index contributed by atoms with van der Waals surface area (Å²) >= 11 is 0. The molecule has 2 heterocycles. The molecule has 2 aromatic heterocycles. The van der Waals surface area contributed by atoms with Crippen LogP contribution in [0.5, 0.6) is 0 Å². The fourth-order valence-electron chi connectivity index (χ4n) is 2.43. The minimum atomic E-state index is -0.128. The highest BCUT2D eigenvalue weighted by molar-refractivity contribution is 5.92. The highest BCUT2D eigenvalue weighted by atomic mass is 16.2. The number of nitrogens with one attached hydrogen (secondary N) is 1. The fourth-order valence-corrected chi connectivity index (χ4v) is 2.43. The van der Waals surface area contributed by atoms with Crippen molar-refractivity contribution < 1.29 is 4.79 Å².